The summed E-state index contributed by atoms with van der Waals surface area (Å²) >= 11 is 0. The van der Waals surface area contributed by atoms with E-state index in [0.29, 0.717) is 6.42 Å². The summed E-state index contributed by atoms with van der Waals surface area (Å²) in [6, 6.07) is 0. The van der Waals surface area contributed by atoms with Crippen LogP contribution in [0.15, 0.2) is 0 Å². The van der Waals surface area contributed by atoms with Crippen LogP contribution in [0.4, 0.5) is 0 Å². The smallest absolute Gasteiger partial charge is 0.159 e. The summed E-state index contributed by atoms with van der Waals surface area (Å²) in [4.78, 5) is 0. The predicted molar refractivity (Wildman–Crippen MR) is 43.1 cm³/mol. The van der Waals surface area contributed by atoms with E-state index in [1.807, 2.05) is 13.8 Å². The second-order valence-electron chi connectivity index (χ2n) is 2.67. The van der Waals surface area contributed by atoms with Gasteiger partial charge in [0, 0.05) is 13.0 Å². The molecule has 0 amide bonds. The van der Waals surface area contributed by atoms with Gasteiger partial charge in [0.15, 0.2) is 6.29 Å². The SMILES string of the molecule is CCC(O)C(CC)C(O)OC. The molecule has 0 aliphatic heterocycles. The number of aliphatic hydroxyl groups excluding tert-OH is 2. The van der Waals surface area contributed by atoms with E-state index in [2.05, 4.69) is 0 Å². The lowest BCUT2D eigenvalue weighted by Crippen LogP contribution is -2.32. The normalized spacial score (nSPS) is 19.4. The van der Waals surface area contributed by atoms with Crippen LogP contribution in [0.5, 0.6) is 0 Å². The minimum atomic E-state index is -0.838. The molecular weight excluding hydrogens is 144 g/mol. The third-order valence-electron chi connectivity index (χ3n) is 1.99. The Labute approximate surface area is 68.0 Å². The molecule has 0 aromatic rings. The topological polar surface area (TPSA) is 49.7 Å². The second-order valence-corrected chi connectivity index (χ2v) is 2.67. The second kappa shape index (κ2) is 5.52. The number of hydrogen-bond donors (Lipinski definition) is 2. The zero-order chi connectivity index (χ0) is 8.85. The van der Waals surface area contributed by atoms with E-state index in [0.717, 1.165) is 6.42 Å². The Morgan fingerprint density at radius 3 is 2.00 bits per heavy atom. The first-order chi connectivity index (χ1) is 5.17. The van der Waals surface area contributed by atoms with Crippen molar-refractivity contribution in [3.8, 4) is 0 Å². The fourth-order valence-electron chi connectivity index (χ4n) is 1.14. The maximum absolute atomic E-state index is 9.38. The van der Waals surface area contributed by atoms with E-state index < -0.39 is 12.4 Å². The highest BCUT2D eigenvalue weighted by Gasteiger charge is 2.23. The molecule has 3 unspecified atom stereocenters. The quantitative estimate of drug-likeness (QED) is 0.586. The molecule has 11 heavy (non-hydrogen) atoms. The van der Waals surface area contributed by atoms with Crippen LogP contribution >= 0.6 is 0 Å². The van der Waals surface area contributed by atoms with Crippen molar-refractivity contribution in [2.75, 3.05) is 7.11 Å². The van der Waals surface area contributed by atoms with Crippen LogP contribution in [-0.4, -0.2) is 29.7 Å². The van der Waals surface area contributed by atoms with Gasteiger partial charge in [-0.25, -0.2) is 0 Å². The molecule has 3 nitrogen and oxygen atoms in total. The fourth-order valence-corrected chi connectivity index (χ4v) is 1.14. The van der Waals surface area contributed by atoms with Gasteiger partial charge < -0.3 is 14.9 Å². The van der Waals surface area contributed by atoms with E-state index in [1.165, 1.54) is 7.11 Å². The molecule has 0 rings (SSSR count). The van der Waals surface area contributed by atoms with Gasteiger partial charge in [0.05, 0.1) is 6.10 Å². The number of aliphatic hydroxyl groups is 2. The predicted octanol–water partition coefficient (Wildman–Crippen LogP) is 0.748. The lowest BCUT2D eigenvalue weighted by Gasteiger charge is -2.24. The first-order valence-corrected chi connectivity index (χ1v) is 4.06. The van der Waals surface area contributed by atoms with Gasteiger partial charge in [0.25, 0.3) is 0 Å². The third-order valence-corrected chi connectivity index (χ3v) is 1.99. The monoisotopic (exact) mass is 162 g/mol. The molecule has 0 saturated carbocycles. The zero-order valence-corrected chi connectivity index (χ0v) is 7.45. The Kier molecular flexibility index (Phi) is 5.46. The van der Waals surface area contributed by atoms with Crippen molar-refractivity contribution in [1.29, 1.82) is 0 Å². The Morgan fingerprint density at radius 1 is 1.18 bits per heavy atom. The van der Waals surface area contributed by atoms with Crippen LogP contribution in [0.1, 0.15) is 26.7 Å². The Bertz CT molecular complexity index is 85.3. The van der Waals surface area contributed by atoms with E-state index in [-0.39, 0.29) is 5.92 Å². The van der Waals surface area contributed by atoms with Crippen molar-refractivity contribution in [2.24, 2.45) is 5.92 Å². The minimum absolute atomic E-state index is 0.162. The van der Waals surface area contributed by atoms with E-state index in [1.54, 1.807) is 0 Å². The molecule has 0 spiro atoms. The highest BCUT2D eigenvalue weighted by molar-refractivity contribution is 4.68. The lowest BCUT2D eigenvalue weighted by atomic mass is 9.97. The molecule has 0 aromatic heterocycles. The van der Waals surface area contributed by atoms with Crippen molar-refractivity contribution < 1.29 is 14.9 Å². The summed E-state index contributed by atoms with van der Waals surface area (Å²) < 4.78 is 4.72. The average Bonchev–Trinajstić information content (AvgIpc) is 2.05. The van der Waals surface area contributed by atoms with Gasteiger partial charge in [-0.05, 0) is 12.8 Å². The summed E-state index contributed by atoms with van der Waals surface area (Å²) in [7, 11) is 1.44. The van der Waals surface area contributed by atoms with E-state index in [9.17, 15) is 10.2 Å². The van der Waals surface area contributed by atoms with Crippen LogP contribution < -0.4 is 0 Å². The van der Waals surface area contributed by atoms with Gasteiger partial charge in [-0.3, -0.25) is 0 Å². The van der Waals surface area contributed by atoms with Gasteiger partial charge >= 0.3 is 0 Å². The van der Waals surface area contributed by atoms with Gasteiger partial charge in [-0.2, -0.15) is 0 Å². The first-order valence-electron chi connectivity index (χ1n) is 4.06. The Hall–Kier alpha value is -0.120. The maximum Gasteiger partial charge on any atom is 0.159 e. The summed E-state index contributed by atoms with van der Waals surface area (Å²) in [6.45, 7) is 3.81. The van der Waals surface area contributed by atoms with Crippen molar-refractivity contribution >= 4 is 0 Å². The summed E-state index contributed by atoms with van der Waals surface area (Å²) in [5.74, 6) is -0.162. The summed E-state index contributed by atoms with van der Waals surface area (Å²) in [5, 5.41) is 18.6. The maximum atomic E-state index is 9.38. The largest absolute Gasteiger partial charge is 0.393 e. The highest BCUT2D eigenvalue weighted by Crippen LogP contribution is 2.16. The average molecular weight is 162 g/mol. The summed E-state index contributed by atoms with van der Waals surface area (Å²) in [5.41, 5.74) is 0. The molecule has 0 aliphatic rings. The van der Waals surface area contributed by atoms with Crippen molar-refractivity contribution in [3.05, 3.63) is 0 Å². The molecule has 0 aliphatic carbocycles. The highest BCUT2D eigenvalue weighted by atomic mass is 16.6. The molecule has 0 aromatic carbocycles. The minimum Gasteiger partial charge on any atom is -0.393 e. The van der Waals surface area contributed by atoms with Gasteiger partial charge in [-0.15, -0.1) is 0 Å². The van der Waals surface area contributed by atoms with Crippen LogP contribution in [-0.2, 0) is 4.74 Å². The molecule has 0 heterocycles. The van der Waals surface area contributed by atoms with Crippen LogP contribution in [0.25, 0.3) is 0 Å². The van der Waals surface area contributed by atoms with Crippen molar-refractivity contribution in [1.82, 2.24) is 0 Å². The standard InChI is InChI=1S/C8H18O3/c1-4-6(7(9)5-2)8(10)11-3/h6-10H,4-5H2,1-3H3. The fraction of sp³-hybridized carbons (Fsp3) is 1.00. The lowest BCUT2D eigenvalue weighted by molar-refractivity contribution is -0.141. The molecule has 3 heteroatoms. The molecule has 2 N–H and O–H groups in total. The molecule has 0 bridgehead atoms. The first kappa shape index (κ1) is 10.9. The van der Waals surface area contributed by atoms with Crippen molar-refractivity contribution in [2.45, 2.75) is 39.1 Å². The van der Waals surface area contributed by atoms with E-state index in [4.69, 9.17) is 4.74 Å². The number of rotatable bonds is 5. The molecule has 0 radical (unpaired) electrons. The van der Waals surface area contributed by atoms with Crippen LogP contribution in [0.3, 0.4) is 0 Å². The molecular formula is C8H18O3. The van der Waals surface area contributed by atoms with Gasteiger partial charge in [0.2, 0.25) is 0 Å². The number of ether oxygens (including phenoxy) is 1. The zero-order valence-electron chi connectivity index (χ0n) is 7.45. The van der Waals surface area contributed by atoms with E-state index >= 15 is 0 Å². The summed E-state index contributed by atoms with van der Waals surface area (Å²) in [6.07, 6.45) is 0.0769. The number of methoxy groups -OCH3 is 1. The molecule has 0 fully saturated rings. The van der Waals surface area contributed by atoms with Crippen molar-refractivity contribution in [3.63, 3.8) is 0 Å². The Balaban J connectivity index is 3.92. The van der Waals surface area contributed by atoms with Crippen LogP contribution in [0, 0.1) is 5.92 Å². The van der Waals surface area contributed by atoms with Gasteiger partial charge in [0.1, 0.15) is 0 Å². The van der Waals surface area contributed by atoms with Crippen LogP contribution in [0.2, 0.25) is 0 Å². The molecule has 68 valence electrons. The number of hydrogen-bond acceptors (Lipinski definition) is 3. The van der Waals surface area contributed by atoms with Gasteiger partial charge in [-0.1, -0.05) is 13.8 Å². The molecule has 3 atom stereocenters. The molecule has 0 saturated heterocycles. The Morgan fingerprint density at radius 2 is 1.73 bits per heavy atom. The third kappa shape index (κ3) is 3.18.